The molecule has 0 heterocycles. The third-order valence-electron chi connectivity index (χ3n) is 4.67. The van der Waals surface area contributed by atoms with Gasteiger partial charge in [0.05, 0.1) is 0 Å². The first kappa shape index (κ1) is 20.2. The van der Waals surface area contributed by atoms with Crippen molar-refractivity contribution in [1.82, 2.24) is 0 Å². The smallest absolute Gasteiger partial charge is 0.262 e. The average Bonchev–Trinajstić information content (AvgIpc) is 2.65. The Bertz CT molecular complexity index is 696. The highest BCUT2D eigenvalue weighted by Crippen LogP contribution is 2.37. The summed E-state index contributed by atoms with van der Waals surface area (Å²) in [5.41, 5.74) is 0. The molecule has 0 aromatic heterocycles. The topological polar surface area (TPSA) is 9.23 Å². The Morgan fingerprint density at radius 2 is 1.46 bits per heavy atom. The zero-order valence-corrected chi connectivity index (χ0v) is 17.4. The van der Waals surface area contributed by atoms with E-state index in [1.54, 1.807) is 0 Å². The first-order chi connectivity index (χ1) is 12.5. The Kier molecular flexibility index (Phi) is 7.03. The molecule has 0 unspecified atom stereocenters. The van der Waals surface area contributed by atoms with Crippen molar-refractivity contribution in [2.75, 3.05) is 0 Å². The highest BCUT2D eigenvalue weighted by atomic mass is 28.4. The van der Waals surface area contributed by atoms with Crippen LogP contribution in [-0.2, 0) is 4.43 Å². The van der Waals surface area contributed by atoms with E-state index < -0.39 is 8.32 Å². The van der Waals surface area contributed by atoms with Gasteiger partial charge in [-0.05, 0) is 21.8 Å². The van der Waals surface area contributed by atoms with Crippen LogP contribution in [0.5, 0.6) is 0 Å². The minimum atomic E-state index is -2.57. The third-order valence-corrected chi connectivity index (χ3v) is 9.72. The molecule has 2 aromatic rings. The summed E-state index contributed by atoms with van der Waals surface area (Å²) in [6, 6.07) is 21.3. The lowest BCUT2D eigenvalue weighted by molar-refractivity contribution is 0.245. The lowest BCUT2D eigenvalue weighted by atomic mass is 10.2. The van der Waals surface area contributed by atoms with Gasteiger partial charge in [0, 0.05) is 6.42 Å². The summed E-state index contributed by atoms with van der Waals surface area (Å²) in [4.78, 5) is 0. The van der Waals surface area contributed by atoms with E-state index in [0.29, 0.717) is 0 Å². The van der Waals surface area contributed by atoms with Crippen LogP contribution in [0, 0.1) is 12.3 Å². The Morgan fingerprint density at radius 1 is 0.962 bits per heavy atom. The first-order valence-electron chi connectivity index (χ1n) is 9.35. The molecular weight excluding hydrogens is 332 g/mol. The van der Waals surface area contributed by atoms with E-state index in [0.717, 1.165) is 12.8 Å². The second kappa shape index (κ2) is 9.03. The zero-order chi connectivity index (χ0) is 19.0. The molecule has 0 aliphatic rings. The predicted molar refractivity (Wildman–Crippen MR) is 115 cm³/mol. The van der Waals surface area contributed by atoms with Crippen LogP contribution < -0.4 is 10.4 Å². The highest BCUT2D eigenvalue weighted by Gasteiger charge is 2.51. The van der Waals surface area contributed by atoms with Crippen LogP contribution >= 0.6 is 0 Å². The Labute approximate surface area is 160 Å². The van der Waals surface area contributed by atoms with Gasteiger partial charge in [0.2, 0.25) is 0 Å². The summed E-state index contributed by atoms with van der Waals surface area (Å²) in [7, 11) is -2.57. The Morgan fingerprint density at radius 3 is 1.85 bits per heavy atom. The largest absolute Gasteiger partial charge is 0.394 e. The molecule has 2 aromatic carbocycles. The van der Waals surface area contributed by atoms with E-state index in [9.17, 15) is 0 Å². The number of rotatable bonds is 7. The van der Waals surface area contributed by atoms with E-state index in [2.05, 4.69) is 106 Å². The van der Waals surface area contributed by atoms with Crippen molar-refractivity contribution in [2.24, 2.45) is 0 Å². The molecule has 0 amide bonds. The molecule has 0 N–H and O–H groups in total. The van der Waals surface area contributed by atoms with Crippen molar-refractivity contribution in [1.29, 1.82) is 0 Å². The Balaban J connectivity index is 2.60. The lowest BCUT2D eigenvalue weighted by Crippen LogP contribution is -2.67. The van der Waals surface area contributed by atoms with Crippen LogP contribution in [-0.4, -0.2) is 14.4 Å². The molecule has 0 saturated carbocycles. The fourth-order valence-corrected chi connectivity index (χ4v) is 8.05. The van der Waals surface area contributed by atoms with E-state index in [1.807, 2.05) is 0 Å². The average molecular weight is 363 g/mol. The SMILES string of the molecule is C#C[C@@H](C/C=C\CC)O[Si](c1ccccc1)(c1ccccc1)C(C)(C)C. The van der Waals surface area contributed by atoms with Crippen LogP contribution in [0.15, 0.2) is 72.8 Å². The summed E-state index contributed by atoms with van der Waals surface area (Å²) in [6.07, 6.45) is 11.7. The predicted octanol–water partition coefficient (Wildman–Crippen LogP) is 4.92. The first-order valence-corrected chi connectivity index (χ1v) is 11.3. The van der Waals surface area contributed by atoms with Crippen LogP contribution in [0.2, 0.25) is 5.04 Å². The molecular formula is C24H30OSi. The van der Waals surface area contributed by atoms with Crippen molar-refractivity contribution in [3.05, 3.63) is 72.8 Å². The highest BCUT2D eigenvalue weighted by molar-refractivity contribution is 6.99. The molecule has 26 heavy (non-hydrogen) atoms. The van der Waals surface area contributed by atoms with Crippen molar-refractivity contribution < 1.29 is 4.43 Å². The quantitative estimate of drug-likeness (QED) is 0.386. The molecule has 136 valence electrons. The zero-order valence-electron chi connectivity index (χ0n) is 16.4. The van der Waals surface area contributed by atoms with Gasteiger partial charge in [0.15, 0.2) is 0 Å². The molecule has 1 nitrogen and oxygen atoms in total. The van der Waals surface area contributed by atoms with Gasteiger partial charge in [0.25, 0.3) is 8.32 Å². The van der Waals surface area contributed by atoms with Gasteiger partial charge >= 0.3 is 0 Å². The van der Waals surface area contributed by atoms with Gasteiger partial charge in [-0.25, -0.2) is 0 Å². The van der Waals surface area contributed by atoms with Gasteiger partial charge < -0.3 is 4.43 Å². The molecule has 0 fully saturated rings. The molecule has 0 spiro atoms. The van der Waals surface area contributed by atoms with Crippen molar-refractivity contribution in [2.45, 2.75) is 51.7 Å². The molecule has 1 atom stereocenters. The molecule has 2 rings (SSSR count). The maximum absolute atomic E-state index is 6.92. The number of allylic oxidation sites excluding steroid dienone is 1. The fraction of sp³-hybridized carbons (Fsp3) is 0.333. The van der Waals surface area contributed by atoms with Crippen molar-refractivity contribution in [3.63, 3.8) is 0 Å². The summed E-state index contributed by atoms with van der Waals surface area (Å²) >= 11 is 0. The number of hydrogen-bond acceptors (Lipinski definition) is 1. The second-order valence-corrected chi connectivity index (χ2v) is 11.8. The molecule has 0 aliphatic carbocycles. The lowest BCUT2D eigenvalue weighted by Gasteiger charge is -2.44. The molecule has 0 radical (unpaired) electrons. The van der Waals surface area contributed by atoms with Gasteiger partial charge in [-0.2, -0.15) is 0 Å². The maximum Gasteiger partial charge on any atom is 0.262 e. The molecule has 0 saturated heterocycles. The van der Waals surface area contributed by atoms with Crippen LogP contribution in [0.25, 0.3) is 0 Å². The van der Waals surface area contributed by atoms with Gasteiger partial charge in [-0.3, -0.25) is 0 Å². The summed E-state index contributed by atoms with van der Waals surface area (Å²) in [5, 5.41) is 2.47. The third kappa shape index (κ3) is 4.36. The number of hydrogen-bond donors (Lipinski definition) is 0. The number of benzene rings is 2. The van der Waals surface area contributed by atoms with E-state index >= 15 is 0 Å². The normalized spacial score (nSPS) is 13.5. The summed E-state index contributed by atoms with van der Waals surface area (Å²) < 4.78 is 6.92. The molecule has 0 bridgehead atoms. The standard InChI is InChI=1S/C24H30OSi/c1-6-8-11-16-21(7-2)25-26(24(3,4)5,22-17-12-9-13-18-22)23-19-14-10-15-20-23/h2,8-15,17-21H,6,16H2,1,3-5H3/b11-8-/t21-/m0/s1. The van der Waals surface area contributed by atoms with Crippen molar-refractivity contribution in [3.8, 4) is 12.3 Å². The van der Waals surface area contributed by atoms with Crippen LogP contribution in [0.1, 0.15) is 40.5 Å². The summed E-state index contributed by atoms with van der Waals surface area (Å²) in [5.74, 6) is 2.89. The Hall–Kier alpha value is -2.08. The van der Waals surface area contributed by atoms with Crippen molar-refractivity contribution >= 4 is 18.7 Å². The van der Waals surface area contributed by atoms with Gasteiger partial charge in [-0.15, -0.1) is 6.42 Å². The van der Waals surface area contributed by atoms with E-state index in [1.165, 1.54) is 10.4 Å². The van der Waals surface area contributed by atoms with Crippen LogP contribution in [0.4, 0.5) is 0 Å². The van der Waals surface area contributed by atoms with Gasteiger partial charge in [0.1, 0.15) is 6.10 Å². The maximum atomic E-state index is 6.92. The number of terminal acetylenes is 1. The minimum absolute atomic E-state index is 0.0563. The molecule has 2 heteroatoms. The second-order valence-electron chi connectivity index (χ2n) is 7.55. The minimum Gasteiger partial charge on any atom is -0.394 e. The van der Waals surface area contributed by atoms with E-state index in [4.69, 9.17) is 10.8 Å². The van der Waals surface area contributed by atoms with E-state index in [-0.39, 0.29) is 11.1 Å². The summed E-state index contributed by atoms with van der Waals surface area (Å²) in [6.45, 7) is 8.95. The monoisotopic (exact) mass is 362 g/mol. The van der Waals surface area contributed by atoms with Gasteiger partial charge in [-0.1, -0.05) is 106 Å². The van der Waals surface area contributed by atoms with Crippen LogP contribution in [0.3, 0.4) is 0 Å². The molecule has 0 aliphatic heterocycles. The fourth-order valence-electron chi connectivity index (χ4n) is 3.44.